The van der Waals surface area contributed by atoms with E-state index in [4.69, 9.17) is 20.9 Å². The molecule has 0 heterocycles. The second kappa shape index (κ2) is 20.7. The first-order chi connectivity index (χ1) is 23.3. The third-order valence-corrected chi connectivity index (χ3v) is 14.6. The van der Waals surface area contributed by atoms with E-state index >= 15 is 0 Å². The molecule has 0 aromatic heterocycles. The van der Waals surface area contributed by atoms with Gasteiger partial charge in [-0.05, 0) is 150 Å². The van der Waals surface area contributed by atoms with E-state index in [0.717, 1.165) is 58.3 Å². The smallest absolute Gasteiger partial charge is 0.0611 e. The molecule has 6 nitrogen and oxygen atoms in total. The van der Waals surface area contributed by atoms with Gasteiger partial charge in [0, 0.05) is 13.2 Å². The van der Waals surface area contributed by atoms with Gasteiger partial charge in [-0.1, -0.05) is 85.5 Å². The van der Waals surface area contributed by atoms with Crippen molar-refractivity contribution < 1.29 is 14.6 Å². The van der Waals surface area contributed by atoms with Crippen molar-refractivity contribution in [2.45, 2.75) is 181 Å². The Morgan fingerprint density at radius 3 is 2.08 bits per heavy atom. The maximum Gasteiger partial charge on any atom is 0.0611 e. The monoisotopic (exact) mass is 676 g/mol. The SMILES string of the molecule is CCCCCCCCCCCCNCCC[C@@H](C)[C@H]1CC[C@H]2[C@@H]3[C@H](OCCCN)C[C@@H]4C[C@H](OCCCN)CC[C@]4(C)[C@H]3C[C@H](O)[C@]12C. The minimum Gasteiger partial charge on any atom is -0.393 e. The molecule has 48 heavy (non-hydrogen) atoms. The number of nitrogens with two attached hydrogens (primary N) is 2. The van der Waals surface area contributed by atoms with Crippen molar-refractivity contribution >= 4 is 0 Å². The van der Waals surface area contributed by atoms with Gasteiger partial charge in [0.2, 0.25) is 0 Å². The van der Waals surface area contributed by atoms with Crippen LogP contribution in [0.5, 0.6) is 0 Å². The quantitative estimate of drug-likeness (QED) is 0.0764. The summed E-state index contributed by atoms with van der Waals surface area (Å²) in [5.74, 6) is 3.47. The van der Waals surface area contributed by atoms with Gasteiger partial charge in [0.15, 0.2) is 0 Å². The molecule has 4 aliphatic rings. The van der Waals surface area contributed by atoms with E-state index in [2.05, 4.69) is 33.0 Å². The van der Waals surface area contributed by atoms with Crippen molar-refractivity contribution in [3.05, 3.63) is 0 Å². The van der Waals surface area contributed by atoms with Crippen LogP contribution >= 0.6 is 0 Å². The van der Waals surface area contributed by atoms with Crippen LogP contribution in [0.15, 0.2) is 0 Å². The number of aliphatic hydroxyl groups excluding tert-OH is 1. The molecule has 0 radical (unpaired) electrons. The highest BCUT2D eigenvalue weighted by Gasteiger charge is 2.66. The summed E-state index contributed by atoms with van der Waals surface area (Å²) in [7, 11) is 0. The van der Waals surface area contributed by atoms with Crippen LogP contribution in [0.25, 0.3) is 0 Å². The van der Waals surface area contributed by atoms with Crippen LogP contribution < -0.4 is 16.8 Å². The zero-order chi connectivity index (χ0) is 34.4. The largest absolute Gasteiger partial charge is 0.393 e. The molecule has 0 aliphatic heterocycles. The molecule has 0 unspecified atom stereocenters. The van der Waals surface area contributed by atoms with Crippen LogP contribution in [0.3, 0.4) is 0 Å². The number of unbranched alkanes of at least 4 members (excludes halogenated alkanes) is 9. The number of hydrogen-bond acceptors (Lipinski definition) is 6. The van der Waals surface area contributed by atoms with Gasteiger partial charge >= 0.3 is 0 Å². The van der Waals surface area contributed by atoms with Crippen molar-refractivity contribution in [1.29, 1.82) is 0 Å². The molecule has 6 N–H and O–H groups in total. The normalized spacial score (nSPS) is 36.8. The van der Waals surface area contributed by atoms with Crippen LogP contribution in [0.1, 0.15) is 163 Å². The summed E-state index contributed by atoms with van der Waals surface area (Å²) in [6.07, 6.45) is 26.9. The van der Waals surface area contributed by atoms with Crippen LogP contribution in [-0.4, -0.2) is 62.8 Å². The average Bonchev–Trinajstić information content (AvgIpc) is 3.44. The first-order valence-corrected chi connectivity index (χ1v) is 21.3. The van der Waals surface area contributed by atoms with E-state index in [1.165, 1.54) is 103 Å². The second-order valence-electron chi connectivity index (χ2n) is 17.5. The summed E-state index contributed by atoms with van der Waals surface area (Å²) in [4.78, 5) is 0. The lowest BCUT2D eigenvalue weighted by Gasteiger charge is -2.64. The Hall–Kier alpha value is -0.240. The maximum absolute atomic E-state index is 12.2. The van der Waals surface area contributed by atoms with Crippen molar-refractivity contribution in [3.8, 4) is 0 Å². The lowest BCUT2D eigenvalue weighted by Crippen LogP contribution is -2.62. The Labute approximate surface area is 297 Å². The number of hydrogen-bond donors (Lipinski definition) is 4. The average molecular weight is 676 g/mol. The Kier molecular flexibility index (Phi) is 17.5. The fourth-order valence-electron chi connectivity index (χ4n) is 11.7. The van der Waals surface area contributed by atoms with Crippen molar-refractivity contribution in [3.63, 3.8) is 0 Å². The van der Waals surface area contributed by atoms with E-state index in [9.17, 15) is 5.11 Å². The zero-order valence-electron chi connectivity index (χ0n) is 32.2. The van der Waals surface area contributed by atoms with Crippen molar-refractivity contribution in [2.24, 2.45) is 57.8 Å². The predicted octanol–water partition coefficient (Wildman–Crippen LogP) is 8.62. The highest BCUT2D eigenvalue weighted by molar-refractivity contribution is 5.14. The second-order valence-corrected chi connectivity index (χ2v) is 17.5. The summed E-state index contributed by atoms with van der Waals surface area (Å²) in [6, 6.07) is 0. The van der Waals surface area contributed by atoms with Gasteiger partial charge in [-0.15, -0.1) is 0 Å². The van der Waals surface area contributed by atoms with Gasteiger partial charge < -0.3 is 31.4 Å². The van der Waals surface area contributed by atoms with E-state index < -0.39 is 0 Å². The van der Waals surface area contributed by atoms with Crippen LogP contribution in [0, 0.1) is 46.3 Å². The Morgan fingerprint density at radius 1 is 0.750 bits per heavy atom. The topological polar surface area (TPSA) is 103 Å². The molecular weight excluding hydrogens is 594 g/mol. The van der Waals surface area contributed by atoms with E-state index in [0.29, 0.717) is 54.7 Å². The summed E-state index contributed by atoms with van der Waals surface area (Å²) in [5, 5.41) is 15.9. The minimum absolute atomic E-state index is 0.00871. The van der Waals surface area contributed by atoms with Crippen LogP contribution in [-0.2, 0) is 9.47 Å². The predicted molar refractivity (Wildman–Crippen MR) is 202 cm³/mol. The van der Waals surface area contributed by atoms with Gasteiger partial charge in [-0.25, -0.2) is 0 Å². The fourth-order valence-corrected chi connectivity index (χ4v) is 11.7. The summed E-state index contributed by atoms with van der Waals surface area (Å²) in [6.45, 7) is 15.1. The molecule has 0 aromatic rings. The highest BCUT2D eigenvalue weighted by Crippen LogP contribution is 2.68. The summed E-state index contributed by atoms with van der Waals surface area (Å²) >= 11 is 0. The molecule has 4 aliphatic carbocycles. The molecule has 0 bridgehead atoms. The number of nitrogens with one attached hydrogen (secondary N) is 1. The van der Waals surface area contributed by atoms with E-state index in [1.54, 1.807) is 0 Å². The number of rotatable bonds is 24. The Morgan fingerprint density at radius 2 is 1.40 bits per heavy atom. The molecule has 4 saturated carbocycles. The van der Waals surface area contributed by atoms with E-state index in [-0.39, 0.29) is 23.0 Å². The van der Waals surface area contributed by atoms with Gasteiger partial charge in [-0.3, -0.25) is 0 Å². The molecule has 0 spiro atoms. The standard InChI is InChI=1S/C42H81N3O3/c1-5-6-7-8-9-10-11-12-13-14-25-45-26-15-18-32(2)35-19-20-36-40-37(31-39(46)42(35,36)4)41(3)22-21-34(47-27-16-23-43)29-33(41)30-38(40)48-28-17-24-44/h32-40,45-46H,5-31,43-44H2,1-4H3/t32-,33+,34-,35-,36+,37+,38-,39+,40+,41+,42-/m1/s1. The molecule has 6 heteroatoms. The number of aliphatic hydroxyl groups is 1. The molecule has 4 fully saturated rings. The third kappa shape index (κ3) is 10.2. The summed E-state index contributed by atoms with van der Waals surface area (Å²) < 4.78 is 13.2. The van der Waals surface area contributed by atoms with Gasteiger partial charge in [0.25, 0.3) is 0 Å². The van der Waals surface area contributed by atoms with Crippen LogP contribution in [0.4, 0.5) is 0 Å². The molecule has 282 valence electrons. The van der Waals surface area contributed by atoms with Crippen LogP contribution in [0.2, 0.25) is 0 Å². The molecule has 4 rings (SSSR count). The zero-order valence-corrected chi connectivity index (χ0v) is 32.2. The third-order valence-electron chi connectivity index (χ3n) is 14.6. The summed E-state index contributed by atoms with van der Waals surface area (Å²) in [5.41, 5.74) is 11.9. The highest BCUT2D eigenvalue weighted by atomic mass is 16.5. The lowest BCUT2D eigenvalue weighted by atomic mass is 9.43. The Balaban J connectivity index is 1.27. The first-order valence-electron chi connectivity index (χ1n) is 21.3. The van der Waals surface area contributed by atoms with E-state index in [1.807, 2.05) is 0 Å². The molecule has 0 aromatic carbocycles. The molecular formula is C42H81N3O3. The number of ether oxygens (including phenoxy) is 2. The van der Waals surface area contributed by atoms with Gasteiger partial charge in [-0.2, -0.15) is 0 Å². The first kappa shape index (κ1) is 40.5. The van der Waals surface area contributed by atoms with Gasteiger partial charge in [0.05, 0.1) is 18.3 Å². The molecule has 0 amide bonds. The minimum atomic E-state index is -0.216. The van der Waals surface area contributed by atoms with Crippen molar-refractivity contribution in [1.82, 2.24) is 5.32 Å². The molecule has 11 atom stereocenters. The lowest BCUT2D eigenvalue weighted by molar-refractivity contribution is -0.218. The van der Waals surface area contributed by atoms with Crippen molar-refractivity contribution in [2.75, 3.05) is 39.4 Å². The maximum atomic E-state index is 12.2. The van der Waals surface area contributed by atoms with Gasteiger partial charge in [0.1, 0.15) is 0 Å². The molecule has 0 saturated heterocycles. The Bertz CT molecular complexity index is 875. The fraction of sp³-hybridized carbons (Fsp3) is 1.00. The number of fused-ring (bicyclic) bond motifs is 5.